The standard InChI is InChI=1S/C14H15N/c1-10-4-3-5-12(8-10)14-7-6-13(15)9-11(14)2/h3,5-9H,1,4,15H2,2H3. The van der Waals surface area contributed by atoms with E-state index in [9.17, 15) is 0 Å². The highest BCUT2D eigenvalue weighted by molar-refractivity contribution is 5.79. The molecule has 1 aromatic rings. The van der Waals surface area contributed by atoms with E-state index in [4.69, 9.17) is 5.73 Å². The van der Waals surface area contributed by atoms with Crippen molar-refractivity contribution < 1.29 is 0 Å². The minimum Gasteiger partial charge on any atom is -0.399 e. The Morgan fingerprint density at radius 1 is 1.33 bits per heavy atom. The number of benzene rings is 1. The van der Waals surface area contributed by atoms with Gasteiger partial charge in [0.15, 0.2) is 0 Å². The van der Waals surface area contributed by atoms with Gasteiger partial charge in [0.1, 0.15) is 0 Å². The van der Waals surface area contributed by atoms with Crippen molar-refractivity contribution in [1.82, 2.24) is 0 Å². The lowest BCUT2D eigenvalue weighted by molar-refractivity contribution is 1.28. The van der Waals surface area contributed by atoms with Crippen molar-refractivity contribution in [3.05, 3.63) is 59.7 Å². The van der Waals surface area contributed by atoms with Gasteiger partial charge in [-0.2, -0.15) is 0 Å². The summed E-state index contributed by atoms with van der Waals surface area (Å²) in [7, 11) is 0. The van der Waals surface area contributed by atoms with E-state index >= 15 is 0 Å². The monoisotopic (exact) mass is 197 g/mol. The molecule has 2 rings (SSSR count). The molecule has 76 valence electrons. The molecule has 1 heteroatoms. The molecule has 0 atom stereocenters. The highest BCUT2D eigenvalue weighted by Crippen LogP contribution is 2.26. The second-order valence-corrected chi connectivity index (χ2v) is 3.94. The van der Waals surface area contributed by atoms with Crippen molar-refractivity contribution in [2.75, 3.05) is 5.73 Å². The highest BCUT2D eigenvalue weighted by Gasteiger charge is 2.05. The number of nitrogen functional groups attached to an aromatic ring is 1. The molecule has 0 spiro atoms. The molecule has 1 aliphatic rings. The summed E-state index contributed by atoms with van der Waals surface area (Å²) in [5.41, 5.74) is 11.4. The summed E-state index contributed by atoms with van der Waals surface area (Å²) in [6.07, 6.45) is 7.39. The Morgan fingerprint density at radius 3 is 2.80 bits per heavy atom. The van der Waals surface area contributed by atoms with E-state index in [-0.39, 0.29) is 0 Å². The average molecular weight is 197 g/mol. The first kappa shape index (κ1) is 9.78. The lowest BCUT2D eigenvalue weighted by atomic mass is 9.94. The van der Waals surface area contributed by atoms with E-state index in [1.807, 2.05) is 12.1 Å². The Bertz CT molecular complexity index is 464. The third-order valence-corrected chi connectivity index (χ3v) is 2.60. The van der Waals surface area contributed by atoms with Gasteiger partial charge in [0.05, 0.1) is 0 Å². The van der Waals surface area contributed by atoms with Gasteiger partial charge in [0.2, 0.25) is 0 Å². The number of aryl methyl sites for hydroxylation is 1. The van der Waals surface area contributed by atoms with Crippen molar-refractivity contribution in [3.8, 4) is 0 Å². The molecule has 0 bridgehead atoms. The van der Waals surface area contributed by atoms with E-state index in [0.29, 0.717) is 0 Å². The van der Waals surface area contributed by atoms with Gasteiger partial charge < -0.3 is 5.73 Å². The SMILES string of the molecule is C=C1C=C(c2ccc(N)cc2C)C=CC1. The molecule has 1 aromatic carbocycles. The fourth-order valence-corrected chi connectivity index (χ4v) is 1.84. The van der Waals surface area contributed by atoms with Crippen LogP contribution in [0.3, 0.4) is 0 Å². The quantitative estimate of drug-likeness (QED) is 0.685. The Hall–Kier alpha value is -1.76. The summed E-state index contributed by atoms with van der Waals surface area (Å²) in [5, 5.41) is 0. The molecule has 0 radical (unpaired) electrons. The Labute approximate surface area is 90.6 Å². The van der Waals surface area contributed by atoms with Crippen LogP contribution >= 0.6 is 0 Å². The van der Waals surface area contributed by atoms with Gasteiger partial charge in [-0.3, -0.25) is 0 Å². The van der Waals surface area contributed by atoms with Crippen LogP contribution in [0.25, 0.3) is 5.57 Å². The predicted octanol–water partition coefficient (Wildman–Crippen LogP) is 3.48. The molecule has 0 aromatic heterocycles. The van der Waals surface area contributed by atoms with E-state index in [0.717, 1.165) is 17.7 Å². The molecule has 1 nitrogen and oxygen atoms in total. The minimum atomic E-state index is 0.815. The van der Waals surface area contributed by atoms with E-state index in [1.165, 1.54) is 16.7 Å². The smallest absolute Gasteiger partial charge is 0.0317 e. The summed E-state index contributed by atoms with van der Waals surface area (Å²) in [6, 6.07) is 6.01. The first-order valence-electron chi connectivity index (χ1n) is 5.09. The first-order valence-corrected chi connectivity index (χ1v) is 5.09. The summed E-state index contributed by atoms with van der Waals surface area (Å²) in [6.45, 7) is 6.07. The van der Waals surface area contributed by atoms with Gasteiger partial charge in [0.25, 0.3) is 0 Å². The maximum absolute atomic E-state index is 5.73. The molecule has 1 aliphatic carbocycles. The molecule has 0 heterocycles. The van der Waals surface area contributed by atoms with Gasteiger partial charge in [0, 0.05) is 5.69 Å². The molecule has 15 heavy (non-hydrogen) atoms. The van der Waals surface area contributed by atoms with Crippen LogP contribution in [0.15, 0.2) is 48.6 Å². The molecule has 2 N–H and O–H groups in total. The third kappa shape index (κ3) is 2.01. The van der Waals surface area contributed by atoms with Crippen LogP contribution in [0.1, 0.15) is 17.5 Å². The van der Waals surface area contributed by atoms with Crippen molar-refractivity contribution in [1.29, 1.82) is 0 Å². The zero-order valence-corrected chi connectivity index (χ0v) is 8.96. The van der Waals surface area contributed by atoms with Crippen LogP contribution in [0, 0.1) is 6.92 Å². The largest absolute Gasteiger partial charge is 0.399 e. The molecular formula is C14H15N. The van der Waals surface area contributed by atoms with E-state index < -0.39 is 0 Å². The molecule has 0 fully saturated rings. The number of rotatable bonds is 1. The Morgan fingerprint density at radius 2 is 2.13 bits per heavy atom. The molecule has 0 unspecified atom stereocenters. The molecule has 0 saturated heterocycles. The molecule has 0 saturated carbocycles. The molecular weight excluding hydrogens is 182 g/mol. The topological polar surface area (TPSA) is 26.0 Å². The predicted molar refractivity (Wildman–Crippen MR) is 66.5 cm³/mol. The lowest BCUT2D eigenvalue weighted by Crippen LogP contribution is -1.93. The van der Waals surface area contributed by atoms with Crippen LogP contribution in [0.4, 0.5) is 5.69 Å². The number of nitrogens with two attached hydrogens (primary N) is 1. The highest BCUT2D eigenvalue weighted by atomic mass is 14.5. The van der Waals surface area contributed by atoms with Gasteiger partial charge in [-0.15, -0.1) is 0 Å². The van der Waals surface area contributed by atoms with Crippen LogP contribution in [0.2, 0.25) is 0 Å². The lowest BCUT2D eigenvalue weighted by Gasteiger charge is -2.12. The van der Waals surface area contributed by atoms with Crippen LogP contribution in [-0.2, 0) is 0 Å². The normalized spacial score (nSPS) is 15.3. The van der Waals surface area contributed by atoms with Gasteiger partial charge in [-0.1, -0.05) is 36.4 Å². The fourth-order valence-electron chi connectivity index (χ4n) is 1.84. The second-order valence-electron chi connectivity index (χ2n) is 3.94. The maximum atomic E-state index is 5.73. The van der Waals surface area contributed by atoms with Crippen LogP contribution in [0.5, 0.6) is 0 Å². The summed E-state index contributed by atoms with van der Waals surface area (Å²) in [4.78, 5) is 0. The first-order chi connectivity index (χ1) is 7.16. The van der Waals surface area contributed by atoms with Crippen molar-refractivity contribution >= 4 is 11.3 Å². The second kappa shape index (κ2) is 3.77. The molecule has 0 amide bonds. The van der Waals surface area contributed by atoms with Crippen LogP contribution < -0.4 is 5.73 Å². The van der Waals surface area contributed by atoms with Crippen molar-refractivity contribution in [2.24, 2.45) is 0 Å². The number of anilines is 1. The van der Waals surface area contributed by atoms with E-state index in [1.54, 1.807) is 0 Å². The van der Waals surface area contributed by atoms with Crippen molar-refractivity contribution in [3.63, 3.8) is 0 Å². The summed E-state index contributed by atoms with van der Waals surface area (Å²) < 4.78 is 0. The Balaban J connectivity index is 2.46. The third-order valence-electron chi connectivity index (χ3n) is 2.60. The summed E-state index contributed by atoms with van der Waals surface area (Å²) >= 11 is 0. The maximum Gasteiger partial charge on any atom is 0.0317 e. The van der Waals surface area contributed by atoms with Gasteiger partial charge >= 0.3 is 0 Å². The number of hydrogen-bond acceptors (Lipinski definition) is 1. The van der Waals surface area contributed by atoms with Gasteiger partial charge in [-0.25, -0.2) is 0 Å². The van der Waals surface area contributed by atoms with Crippen molar-refractivity contribution in [2.45, 2.75) is 13.3 Å². The number of allylic oxidation sites excluding steroid dienone is 5. The Kier molecular flexibility index (Phi) is 2.46. The van der Waals surface area contributed by atoms with Gasteiger partial charge in [-0.05, 0) is 42.2 Å². The van der Waals surface area contributed by atoms with E-state index in [2.05, 4.69) is 37.8 Å². The average Bonchev–Trinajstić information content (AvgIpc) is 2.17. The number of hydrogen-bond donors (Lipinski definition) is 1. The zero-order chi connectivity index (χ0) is 10.8. The van der Waals surface area contributed by atoms with Crippen LogP contribution in [-0.4, -0.2) is 0 Å². The minimum absolute atomic E-state index is 0.815. The molecule has 0 aliphatic heterocycles. The fraction of sp³-hybridized carbons (Fsp3) is 0.143. The summed E-state index contributed by atoms with van der Waals surface area (Å²) in [5.74, 6) is 0. The zero-order valence-electron chi connectivity index (χ0n) is 8.96.